The third-order valence-corrected chi connectivity index (χ3v) is 12.3. The Morgan fingerprint density at radius 2 is 0.787 bits per heavy atom. The van der Waals surface area contributed by atoms with E-state index >= 15 is 0 Å². The molecule has 10 aromatic rings. The molecule has 3 nitrogen and oxygen atoms in total. The molecule has 0 radical (unpaired) electrons. The Bertz CT molecular complexity index is 3170. The van der Waals surface area contributed by atoms with E-state index in [9.17, 15) is 0 Å². The molecule has 0 bridgehead atoms. The van der Waals surface area contributed by atoms with Crippen LogP contribution in [0, 0.1) is 0 Å². The highest BCUT2D eigenvalue weighted by Gasteiger charge is 2.35. The smallest absolute Gasteiger partial charge is 0.160 e. The molecule has 0 N–H and O–H groups in total. The fourth-order valence-electron chi connectivity index (χ4n) is 9.04. The van der Waals surface area contributed by atoms with Gasteiger partial charge in [-0.3, -0.25) is 0 Å². The number of nitrogens with zero attached hydrogens (tertiary/aromatic N) is 3. The molecule has 1 aliphatic carbocycles. The average molecular weight is 780 g/mol. The van der Waals surface area contributed by atoms with Crippen molar-refractivity contribution in [3.63, 3.8) is 0 Å². The van der Waals surface area contributed by atoms with E-state index in [0.29, 0.717) is 5.82 Å². The van der Waals surface area contributed by atoms with Crippen LogP contribution in [-0.2, 0) is 5.41 Å². The predicted molar refractivity (Wildman–Crippen MR) is 253 cm³/mol. The summed E-state index contributed by atoms with van der Waals surface area (Å²) in [5.74, 6) is 0.703. The summed E-state index contributed by atoms with van der Waals surface area (Å²) in [5.41, 5.74) is 20.1. The van der Waals surface area contributed by atoms with Crippen molar-refractivity contribution in [1.82, 2.24) is 15.0 Å². The van der Waals surface area contributed by atoms with E-state index in [0.717, 1.165) is 66.9 Å². The number of rotatable bonds is 7. The lowest BCUT2D eigenvalue weighted by Gasteiger charge is -2.22. The van der Waals surface area contributed by atoms with E-state index in [2.05, 4.69) is 190 Å². The van der Waals surface area contributed by atoms with Gasteiger partial charge in [0.05, 0.1) is 22.6 Å². The molecule has 2 heterocycles. The molecule has 11 rings (SSSR count). The van der Waals surface area contributed by atoms with E-state index in [1.807, 2.05) is 36.4 Å². The topological polar surface area (TPSA) is 38.7 Å². The third kappa shape index (κ3) is 6.61. The molecule has 0 atom stereocenters. The quantitative estimate of drug-likeness (QED) is 0.162. The second-order valence-electron chi connectivity index (χ2n) is 16.4. The Kier molecular flexibility index (Phi) is 8.82. The first-order chi connectivity index (χ1) is 30.0. The number of pyridine rings is 1. The fourth-order valence-corrected chi connectivity index (χ4v) is 9.04. The van der Waals surface area contributed by atoms with Crippen LogP contribution in [0.25, 0.3) is 101 Å². The van der Waals surface area contributed by atoms with Gasteiger partial charge < -0.3 is 0 Å². The zero-order valence-corrected chi connectivity index (χ0v) is 34.0. The molecule has 1 aliphatic rings. The lowest BCUT2D eigenvalue weighted by Crippen LogP contribution is -2.14. The second kappa shape index (κ2) is 14.8. The Hall–Kier alpha value is -7.75. The van der Waals surface area contributed by atoms with Crippen molar-refractivity contribution in [3.8, 4) is 89.7 Å². The van der Waals surface area contributed by atoms with E-state index in [1.165, 1.54) is 38.9 Å². The highest BCUT2D eigenvalue weighted by molar-refractivity contribution is 6.02. The van der Waals surface area contributed by atoms with Gasteiger partial charge in [-0.1, -0.05) is 196 Å². The third-order valence-electron chi connectivity index (χ3n) is 12.3. The molecule has 0 unspecified atom stereocenters. The second-order valence-corrected chi connectivity index (χ2v) is 16.4. The van der Waals surface area contributed by atoms with Crippen molar-refractivity contribution in [2.75, 3.05) is 0 Å². The molecule has 0 amide bonds. The number of aromatic nitrogens is 3. The molecular weight excluding hydrogens is 739 g/mol. The molecule has 0 aliphatic heterocycles. The molecule has 3 heteroatoms. The van der Waals surface area contributed by atoms with Crippen molar-refractivity contribution in [2.45, 2.75) is 19.3 Å². The molecule has 2 aromatic heterocycles. The number of hydrogen-bond acceptors (Lipinski definition) is 3. The summed E-state index contributed by atoms with van der Waals surface area (Å²) < 4.78 is 0. The van der Waals surface area contributed by atoms with Crippen molar-refractivity contribution in [1.29, 1.82) is 0 Å². The summed E-state index contributed by atoms with van der Waals surface area (Å²) in [6, 6.07) is 75.5. The summed E-state index contributed by atoms with van der Waals surface area (Å²) in [7, 11) is 0. The molecule has 288 valence electrons. The number of benzene rings is 8. The van der Waals surface area contributed by atoms with Crippen LogP contribution in [0.3, 0.4) is 0 Å². The lowest BCUT2D eigenvalue weighted by molar-refractivity contribution is 0.661. The minimum atomic E-state index is -0.122. The predicted octanol–water partition coefficient (Wildman–Crippen LogP) is 15.0. The van der Waals surface area contributed by atoms with E-state index in [4.69, 9.17) is 15.0 Å². The van der Waals surface area contributed by atoms with Gasteiger partial charge in [0.2, 0.25) is 0 Å². The first-order valence-electron chi connectivity index (χ1n) is 20.9. The Labute approximate surface area is 356 Å². The van der Waals surface area contributed by atoms with Crippen molar-refractivity contribution >= 4 is 10.9 Å². The summed E-state index contributed by atoms with van der Waals surface area (Å²) in [5, 5.41) is 1.15. The van der Waals surface area contributed by atoms with Gasteiger partial charge in [0.25, 0.3) is 0 Å². The van der Waals surface area contributed by atoms with Gasteiger partial charge in [-0.2, -0.15) is 0 Å². The maximum absolute atomic E-state index is 5.41. The van der Waals surface area contributed by atoms with Gasteiger partial charge >= 0.3 is 0 Å². The van der Waals surface area contributed by atoms with Crippen LogP contribution in [-0.4, -0.2) is 15.0 Å². The highest BCUT2D eigenvalue weighted by Crippen LogP contribution is 2.50. The van der Waals surface area contributed by atoms with Crippen LogP contribution >= 0.6 is 0 Å². The van der Waals surface area contributed by atoms with Crippen molar-refractivity contribution < 1.29 is 0 Å². The molecule has 61 heavy (non-hydrogen) atoms. The number of hydrogen-bond donors (Lipinski definition) is 0. The molecule has 8 aromatic carbocycles. The monoisotopic (exact) mass is 779 g/mol. The van der Waals surface area contributed by atoms with E-state index in [-0.39, 0.29) is 5.41 Å². The maximum atomic E-state index is 5.41. The van der Waals surface area contributed by atoms with Gasteiger partial charge in [-0.05, 0) is 86.0 Å². The van der Waals surface area contributed by atoms with Crippen LogP contribution in [0.5, 0.6) is 0 Å². The molecule has 0 saturated heterocycles. The van der Waals surface area contributed by atoms with Crippen LogP contribution in [0.1, 0.15) is 25.0 Å². The maximum Gasteiger partial charge on any atom is 0.160 e. The SMILES string of the molecule is CC1(C)c2ccccc2-c2cc3c(-c4ccc(-c5ccc(-c6nc(-c7ccccc7)cc(-c7ccccc7)n6)cc5)cc4)cc(-c4cccc(-c5ccccc5)c4)nc3cc21. The van der Waals surface area contributed by atoms with Gasteiger partial charge in [0, 0.05) is 33.1 Å². The largest absolute Gasteiger partial charge is 0.248 e. The van der Waals surface area contributed by atoms with Crippen LogP contribution in [0.15, 0.2) is 212 Å². The Balaban J connectivity index is 0.984. The van der Waals surface area contributed by atoms with Crippen LogP contribution in [0.2, 0.25) is 0 Å². The number of fused-ring (bicyclic) bond motifs is 4. The zero-order chi connectivity index (χ0) is 40.9. The molecular formula is C58H41N3. The molecule has 0 saturated carbocycles. The Morgan fingerprint density at radius 1 is 0.295 bits per heavy atom. The lowest BCUT2D eigenvalue weighted by atomic mass is 9.82. The summed E-state index contributed by atoms with van der Waals surface area (Å²) >= 11 is 0. The van der Waals surface area contributed by atoms with Gasteiger partial charge in [-0.15, -0.1) is 0 Å². The standard InChI is InChI=1S/C58H41N3/c1-58(2)51-24-13-12-23-47(51)49-34-50-48(35-53(59-56(50)36-52(49)58)46-22-14-21-45(33-46)38-15-6-3-7-16-38)41-29-25-39(26-30-41)40-27-31-44(32-28-40)57-60-54(42-17-8-4-9-18-42)37-55(61-57)43-19-10-5-11-20-43/h3-37H,1-2H3. The van der Waals surface area contributed by atoms with Crippen LogP contribution < -0.4 is 0 Å². The first-order valence-corrected chi connectivity index (χ1v) is 20.9. The van der Waals surface area contributed by atoms with Crippen molar-refractivity contribution in [2.24, 2.45) is 0 Å². The van der Waals surface area contributed by atoms with E-state index in [1.54, 1.807) is 0 Å². The van der Waals surface area contributed by atoms with Gasteiger partial charge in [0.1, 0.15) is 0 Å². The Morgan fingerprint density at radius 3 is 1.43 bits per heavy atom. The first kappa shape index (κ1) is 36.3. The summed E-state index contributed by atoms with van der Waals surface area (Å²) in [4.78, 5) is 15.5. The van der Waals surface area contributed by atoms with Gasteiger partial charge in [-0.25, -0.2) is 15.0 Å². The normalized spacial score (nSPS) is 12.6. The summed E-state index contributed by atoms with van der Waals surface area (Å²) in [6.07, 6.45) is 0. The fraction of sp³-hybridized carbons (Fsp3) is 0.0517. The highest BCUT2D eigenvalue weighted by atomic mass is 14.9. The molecule has 0 fully saturated rings. The minimum absolute atomic E-state index is 0.122. The van der Waals surface area contributed by atoms with Crippen LogP contribution in [0.4, 0.5) is 0 Å². The zero-order valence-electron chi connectivity index (χ0n) is 34.0. The van der Waals surface area contributed by atoms with E-state index < -0.39 is 0 Å². The van der Waals surface area contributed by atoms with Crippen molar-refractivity contribution in [3.05, 3.63) is 223 Å². The summed E-state index contributed by atoms with van der Waals surface area (Å²) in [6.45, 7) is 4.67. The minimum Gasteiger partial charge on any atom is -0.248 e. The van der Waals surface area contributed by atoms with Gasteiger partial charge in [0.15, 0.2) is 5.82 Å². The molecule has 0 spiro atoms. The average Bonchev–Trinajstić information content (AvgIpc) is 3.56.